The molecule has 2 aromatic heterocycles. The molecular weight excluding hydrogens is 218 g/mol. The van der Waals surface area contributed by atoms with Crippen LogP contribution >= 0.6 is 0 Å². The maximum absolute atomic E-state index is 9.07. The molecule has 0 saturated carbocycles. The quantitative estimate of drug-likeness (QED) is 0.839. The Morgan fingerprint density at radius 3 is 3.00 bits per heavy atom. The Labute approximate surface area is 99.9 Å². The van der Waals surface area contributed by atoms with Crippen molar-refractivity contribution in [2.24, 2.45) is 0 Å². The normalized spacial score (nSPS) is 12.9. The van der Waals surface area contributed by atoms with Crippen LogP contribution in [0.15, 0.2) is 18.6 Å². The first-order valence-electron chi connectivity index (χ1n) is 5.76. The molecule has 0 aromatic carbocycles. The first kappa shape index (κ1) is 11.8. The number of nitrogens with zero attached hydrogens (tertiary/aromatic N) is 5. The van der Waals surface area contributed by atoms with Crippen molar-refractivity contribution in [2.45, 2.75) is 39.5 Å². The van der Waals surface area contributed by atoms with E-state index in [1.807, 2.05) is 16.9 Å². The molecule has 0 aliphatic heterocycles. The van der Waals surface area contributed by atoms with Crippen LogP contribution in [0, 0.1) is 0 Å². The summed E-state index contributed by atoms with van der Waals surface area (Å²) in [7, 11) is 0. The van der Waals surface area contributed by atoms with Crippen molar-refractivity contribution in [3.63, 3.8) is 0 Å². The van der Waals surface area contributed by atoms with Crippen molar-refractivity contribution in [1.29, 1.82) is 0 Å². The van der Waals surface area contributed by atoms with Crippen molar-refractivity contribution in [1.82, 2.24) is 24.5 Å². The zero-order valence-corrected chi connectivity index (χ0v) is 10.1. The molecule has 0 spiro atoms. The van der Waals surface area contributed by atoms with Gasteiger partial charge in [0.2, 0.25) is 0 Å². The minimum absolute atomic E-state index is 0.105. The molecule has 0 amide bonds. The number of hydrogen-bond acceptors (Lipinski definition) is 4. The van der Waals surface area contributed by atoms with Gasteiger partial charge in [-0.1, -0.05) is 6.92 Å². The molecule has 1 atom stereocenters. The standard InChI is InChI=1S/C11H17N5O/c1-3-9(2)15-5-4-10(14-15)6-16-11(7-17)12-8-13-16/h4-5,8-9,17H,3,6-7H2,1-2H3. The summed E-state index contributed by atoms with van der Waals surface area (Å²) in [5.74, 6) is 0.558. The molecule has 2 heterocycles. The zero-order valence-electron chi connectivity index (χ0n) is 10.1. The fourth-order valence-electron chi connectivity index (χ4n) is 1.59. The van der Waals surface area contributed by atoms with Crippen LogP contribution in [0.1, 0.15) is 37.8 Å². The van der Waals surface area contributed by atoms with E-state index in [1.165, 1.54) is 6.33 Å². The van der Waals surface area contributed by atoms with Crippen LogP contribution in [-0.2, 0) is 13.2 Å². The van der Waals surface area contributed by atoms with Gasteiger partial charge in [-0.3, -0.25) is 4.68 Å². The Balaban J connectivity index is 2.11. The number of rotatable bonds is 5. The van der Waals surface area contributed by atoms with E-state index in [1.54, 1.807) is 4.68 Å². The van der Waals surface area contributed by atoms with Gasteiger partial charge < -0.3 is 5.11 Å². The van der Waals surface area contributed by atoms with Crippen LogP contribution < -0.4 is 0 Å². The highest BCUT2D eigenvalue weighted by Gasteiger charge is 2.08. The van der Waals surface area contributed by atoms with E-state index in [-0.39, 0.29) is 6.61 Å². The molecule has 0 saturated heterocycles. The predicted octanol–water partition coefficient (Wildman–Crippen LogP) is 0.986. The molecule has 6 nitrogen and oxygen atoms in total. The molecular formula is C11H17N5O. The van der Waals surface area contributed by atoms with E-state index in [9.17, 15) is 0 Å². The largest absolute Gasteiger partial charge is 0.388 e. The molecule has 1 unspecified atom stereocenters. The van der Waals surface area contributed by atoms with Crippen LogP contribution in [0.3, 0.4) is 0 Å². The minimum atomic E-state index is -0.105. The summed E-state index contributed by atoms with van der Waals surface area (Å²) >= 11 is 0. The molecule has 92 valence electrons. The molecule has 0 aliphatic carbocycles. The summed E-state index contributed by atoms with van der Waals surface area (Å²) in [5, 5.41) is 17.6. The van der Waals surface area contributed by atoms with Gasteiger partial charge in [0.25, 0.3) is 0 Å². The van der Waals surface area contributed by atoms with Gasteiger partial charge in [-0.15, -0.1) is 0 Å². The van der Waals surface area contributed by atoms with E-state index >= 15 is 0 Å². The third-order valence-electron chi connectivity index (χ3n) is 2.85. The highest BCUT2D eigenvalue weighted by Crippen LogP contribution is 2.10. The topological polar surface area (TPSA) is 68.8 Å². The van der Waals surface area contributed by atoms with Gasteiger partial charge in [-0.05, 0) is 19.4 Å². The van der Waals surface area contributed by atoms with Gasteiger partial charge >= 0.3 is 0 Å². The average Bonchev–Trinajstić information content (AvgIpc) is 2.97. The van der Waals surface area contributed by atoms with Crippen molar-refractivity contribution in [3.8, 4) is 0 Å². The fraction of sp³-hybridized carbons (Fsp3) is 0.545. The summed E-state index contributed by atoms with van der Waals surface area (Å²) in [5.41, 5.74) is 0.922. The van der Waals surface area contributed by atoms with Gasteiger partial charge in [-0.2, -0.15) is 10.2 Å². The first-order chi connectivity index (χ1) is 8.24. The Bertz CT molecular complexity index is 476. The van der Waals surface area contributed by atoms with Crippen molar-refractivity contribution in [2.75, 3.05) is 0 Å². The van der Waals surface area contributed by atoms with Crippen LogP contribution in [-0.4, -0.2) is 29.7 Å². The Kier molecular flexibility index (Phi) is 3.53. The maximum atomic E-state index is 9.07. The molecule has 17 heavy (non-hydrogen) atoms. The number of hydrogen-bond donors (Lipinski definition) is 1. The van der Waals surface area contributed by atoms with Gasteiger partial charge in [0.15, 0.2) is 5.82 Å². The summed E-state index contributed by atoms with van der Waals surface area (Å²) in [4.78, 5) is 3.96. The van der Waals surface area contributed by atoms with Crippen LogP contribution in [0.5, 0.6) is 0 Å². The van der Waals surface area contributed by atoms with Crippen molar-refractivity contribution >= 4 is 0 Å². The molecule has 2 rings (SSSR count). The first-order valence-corrected chi connectivity index (χ1v) is 5.76. The maximum Gasteiger partial charge on any atom is 0.152 e. The lowest BCUT2D eigenvalue weighted by Gasteiger charge is -2.08. The number of aliphatic hydroxyl groups is 1. The number of aromatic nitrogens is 5. The fourth-order valence-corrected chi connectivity index (χ4v) is 1.59. The van der Waals surface area contributed by atoms with Gasteiger partial charge in [0.05, 0.1) is 12.2 Å². The van der Waals surface area contributed by atoms with Crippen LogP contribution in [0.2, 0.25) is 0 Å². The second kappa shape index (κ2) is 5.09. The average molecular weight is 235 g/mol. The van der Waals surface area contributed by atoms with E-state index in [2.05, 4.69) is 29.0 Å². The molecule has 6 heteroatoms. The highest BCUT2D eigenvalue weighted by molar-refractivity contribution is 5.01. The van der Waals surface area contributed by atoms with Crippen molar-refractivity contribution in [3.05, 3.63) is 30.1 Å². The van der Waals surface area contributed by atoms with Crippen LogP contribution in [0.25, 0.3) is 0 Å². The van der Waals surface area contributed by atoms with Crippen molar-refractivity contribution < 1.29 is 5.11 Å². The van der Waals surface area contributed by atoms with E-state index in [0.717, 1.165) is 12.1 Å². The smallest absolute Gasteiger partial charge is 0.152 e. The highest BCUT2D eigenvalue weighted by atomic mass is 16.3. The Morgan fingerprint density at radius 2 is 2.29 bits per heavy atom. The molecule has 0 bridgehead atoms. The van der Waals surface area contributed by atoms with E-state index in [4.69, 9.17) is 5.11 Å². The molecule has 0 radical (unpaired) electrons. The molecule has 0 aliphatic rings. The zero-order chi connectivity index (χ0) is 12.3. The van der Waals surface area contributed by atoms with Crippen LogP contribution in [0.4, 0.5) is 0 Å². The minimum Gasteiger partial charge on any atom is -0.388 e. The van der Waals surface area contributed by atoms with E-state index < -0.39 is 0 Å². The summed E-state index contributed by atoms with van der Waals surface area (Å²) in [6.45, 7) is 4.70. The number of aliphatic hydroxyl groups excluding tert-OH is 1. The Hall–Kier alpha value is -1.69. The lowest BCUT2D eigenvalue weighted by molar-refractivity contribution is 0.263. The Morgan fingerprint density at radius 1 is 1.47 bits per heavy atom. The third kappa shape index (κ3) is 2.52. The SMILES string of the molecule is CCC(C)n1ccc(Cn2ncnc2CO)n1. The van der Waals surface area contributed by atoms with Gasteiger partial charge in [0, 0.05) is 12.2 Å². The molecule has 1 N–H and O–H groups in total. The second-order valence-corrected chi connectivity index (χ2v) is 4.04. The summed E-state index contributed by atoms with van der Waals surface area (Å²) in [6.07, 6.45) is 4.46. The third-order valence-corrected chi connectivity index (χ3v) is 2.85. The van der Waals surface area contributed by atoms with E-state index in [0.29, 0.717) is 18.4 Å². The molecule has 2 aromatic rings. The lowest BCUT2D eigenvalue weighted by atomic mass is 10.3. The van der Waals surface area contributed by atoms with Gasteiger partial charge in [-0.25, -0.2) is 9.67 Å². The summed E-state index contributed by atoms with van der Waals surface area (Å²) in [6, 6.07) is 2.37. The van der Waals surface area contributed by atoms with Gasteiger partial charge in [0.1, 0.15) is 12.9 Å². The predicted molar refractivity (Wildman–Crippen MR) is 62.3 cm³/mol. The second-order valence-electron chi connectivity index (χ2n) is 4.04. The molecule has 0 fully saturated rings. The monoisotopic (exact) mass is 235 g/mol. The lowest BCUT2D eigenvalue weighted by Crippen LogP contribution is -2.09. The summed E-state index contributed by atoms with van der Waals surface area (Å²) < 4.78 is 3.61.